The van der Waals surface area contributed by atoms with Crippen LogP contribution < -0.4 is 0 Å². The lowest BCUT2D eigenvalue weighted by molar-refractivity contribution is 0.381. The first-order chi connectivity index (χ1) is 6.50. The van der Waals surface area contributed by atoms with Crippen molar-refractivity contribution in [3.63, 3.8) is 0 Å². The Balaban J connectivity index is 3.67. The fourth-order valence-corrected chi connectivity index (χ4v) is 0.946. The van der Waals surface area contributed by atoms with E-state index in [-0.39, 0.29) is 0 Å². The smallest absolute Gasteiger partial charge is 0.201 e. The molecule has 14 heavy (non-hydrogen) atoms. The van der Waals surface area contributed by atoms with Gasteiger partial charge >= 0.3 is 0 Å². The monoisotopic (exact) mass is 229 g/mol. The average Bonchev–Trinajstić information content (AvgIpc) is 2.19. The third kappa shape index (κ3) is 1.52. The Morgan fingerprint density at radius 2 is 1.14 bits per heavy atom. The van der Waals surface area contributed by atoms with E-state index in [1.807, 2.05) is 0 Å². The predicted octanol–water partition coefficient (Wildman–Crippen LogP) is 2.41. The van der Waals surface area contributed by atoms with Crippen LogP contribution in [0.5, 0.6) is 0 Å². The van der Waals surface area contributed by atoms with Gasteiger partial charge in [-0.2, -0.15) is 4.21 Å². The molecule has 0 aliphatic carbocycles. The maximum Gasteiger partial charge on any atom is 0.205 e. The minimum absolute atomic E-state index is 0.654. The zero-order valence-corrected chi connectivity index (χ0v) is 6.97. The minimum Gasteiger partial charge on any atom is -0.201 e. The van der Waals surface area contributed by atoms with Gasteiger partial charge in [-0.25, -0.2) is 22.0 Å². The van der Waals surface area contributed by atoms with Crippen molar-refractivity contribution in [3.8, 4) is 0 Å². The third-order valence-electron chi connectivity index (χ3n) is 1.32. The summed E-state index contributed by atoms with van der Waals surface area (Å²) in [6.45, 7) is 0. The Bertz CT molecular complexity index is 413. The molecule has 0 saturated heterocycles. The highest BCUT2D eigenvalue weighted by atomic mass is 32.1. The maximum atomic E-state index is 12.6. The lowest BCUT2D eigenvalue weighted by atomic mass is 10.2. The minimum atomic E-state index is -2.28. The van der Waals surface area contributed by atoms with Crippen LogP contribution in [0.15, 0.2) is 4.36 Å². The number of nitrogens with zero attached hydrogens (tertiary/aromatic N) is 1. The molecular weight excluding hydrogens is 229 g/mol. The van der Waals surface area contributed by atoms with Gasteiger partial charge in [-0.3, -0.25) is 0 Å². The summed E-state index contributed by atoms with van der Waals surface area (Å²) in [5.74, 6) is -10.8. The molecule has 1 rings (SSSR count). The molecule has 0 bridgehead atoms. The van der Waals surface area contributed by atoms with Crippen LogP contribution in [0, 0.1) is 29.1 Å². The molecule has 0 aromatic heterocycles. The fraction of sp³-hybridized carbons (Fsp3) is 0. The van der Waals surface area contributed by atoms with Crippen LogP contribution in [0.4, 0.5) is 27.6 Å². The highest BCUT2D eigenvalue weighted by Gasteiger charge is 2.25. The van der Waals surface area contributed by atoms with Crippen LogP contribution in [0.3, 0.4) is 0 Å². The van der Waals surface area contributed by atoms with E-state index >= 15 is 0 Å². The topological polar surface area (TPSA) is 29.4 Å². The highest BCUT2D eigenvalue weighted by Crippen LogP contribution is 2.28. The molecule has 76 valence electrons. The molecule has 0 fully saturated rings. The molecule has 0 unspecified atom stereocenters. The van der Waals surface area contributed by atoms with E-state index in [9.17, 15) is 26.2 Å². The Hall–Kier alpha value is -1.31. The van der Waals surface area contributed by atoms with E-state index in [2.05, 4.69) is 4.36 Å². The predicted molar refractivity (Wildman–Crippen MR) is 36.5 cm³/mol. The van der Waals surface area contributed by atoms with Gasteiger partial charge in [0.25, 0.3) is 0 Å². The van der Waals surface area contributed by atoms with Gasteiger partial charge < -0.3 is 0 Å². The van der Waals surface area contributed by atoms with Crippen LogP contribution in [0.1, 0.15) is 0 Å². The van der Waals surface area contributed by atoms with Gasteiger partial charge in [0.2, 0.25) is 17.3 Å². The summed E-state index contributed by atoms with van der Waals surface area (Å²) in [7, 11) is 0. The molecule has 0 aliphatic heterocycles. The van der Waals surface area contributed by atoms with Gasteiger partial charge in [0.05, 0.1) is 0 Å². The normalized spacial score (nSPS) is 10.1. The van der Waals surface area contributed by atoms with Crippen molar-refractivity contribution in [1.29, 1.82) is 0 Å². The summed E-state index contributed by atoms with van der Waals surface area (Å²) in [6.07, 6.45) is 0. The molecule has 0 saturated carbocycles. The standard InChI is InChI=1S/C6F5NOS/c7-1-2(8)4(10)6(12-14-13)5(11)3(1)9. The van der Waals surface area contributed by atoms with Gasteiger partial charge in [-0.15, -0.1) is 4.36 Å². The summed E-state index contributed by atoms with van der Waals surface area (Å²) in [5.41, 5.74) is -1.47. The maximum absolute atomic E-state index is 12.6. The van der Waals surface area contributed by atoms with Gasteiger partial charge in [-0.05, 0) is 0 Å². The first kappa shape index (κ1) is 10.8. The van der Waals surface area contributed by atoms with E-state index in [4.69, 9.17) is 0 Å². The number of halogens is 5. The molecule has 0 amide bonds. The van der Waals surface area contributed by atoms with Crippen LogP contribution in [0.25, 0.3) is 0 Å². The lowest BCUT2D eigenvalue weighted by Crippen LogP contribution is -2.00. The van der Waals surface area contributed by atoms with Crippen LogP contribution in [-0.4, -0.2) is 4.21 Å². The molecule has 8 heteroatoms. The van der Waals surface area contributed by atoms with Crippen molar-refractivity contribution in [2.45, 2.75) is 0 Å². The first-order valence-corrected chi connectivity index (χ1v) is 3.72. The molecule has 0 heterocycles. The lowest BCUT2D eigenvalue weighted by Gasteiger charge is -2.01. The van der Waals surface area contributed by atoms with Gasteiger partial charge in [-0.1, -0.05) is 0 Å². The molecule has 0 spiro atoms. The van der Waals surface area contributed by atoms with Crippen molar-refractivity contribution in [2.75, 3.05) is 0 Å². The van der Waals surface area contributed by atoms with Crippen LogP contribution >= 0.6 is 0 Å². The first-order valence-electron chi connectivity index (χ1n) is 3.02. The molecule has 2 nitrogen and oxygen atoms in total. The third-order valence-corrected chi connectivity index (χ3v) is 1.57. The Morgan fingerprint density at radius 3 is 1.50 bits per heavy atom. The van der Waals surface area contributed by atoms with E-state index in [1.54, 1.807) is 0 Å². The van der Waals surface area contributed by atoms with Crippen molar-refractivity contribution in [2.24, 2.45) is 4.36 Å². The highest BCUT2D eigenvalue weighted by molar-refractivity contribution is 7.54. The zero-order chi connectivity index (χ0) is 10.9. The van der Waals surface area contributed by atoms with Crippen LogP contribution in [-0.2, 0) is 11.5 Å². The Labute approximate surface area is 77.6 Å². The summed E-state index contributed by atoms with van der Waals surface area (Å²) in [4.78, 5) is 0. The molecular formula is C6F5NOS. The second-order valence-corrected chi connectivity index (χ2v) is 2.42. The van der Waals surface area contributed by atoms with E-state index < -0.39 is 46.2 Å². The van der Waals surface area contributed by atoms with Crippen LogP contribution in [0.2, 0.25) is 0 Å². The second kappa shape index (κ2) is 3.82. The van der Waals surface area contributed by atoms with E-state index in [0.717, 1.165) is 0 Å². The second-order valence-electron chi connectivity index (χ2n) is 2.08. The Morgan fingerprint density at radius 1 is 0.786 bits per heavy atom. The average molecular weight is 229 g/mol. The SMILES string of the molecule is O=S=Nc1c(F)c(F)c(F)c(F)c1F. The number of benzene rings is 1. The van der Waals surface area contributed by atoms with Gasteiger partial charge in [0.15, 0.2) is 29.0 Å². The molecule has 1 aromatic rings. The molecule has 0 radical (unpaired) electrons. The van der Waals surface area contributed by atoms with Gasteiger partial charge in [0.1, 0.15) is 0 Å². The number of rotatable bonds is 1. The summed E-state index contributed by atoms with van der Waals surface area (Å²) in [5, 5.41) is 0. The quantitative estimate of drug-likeness (QED) is 0.413. The van der Waals surface area contributed by atoms with Gasteiger partial charge in [0, 0.05) is 0 Å². The fourth-order valence-electron chi connectivity index (χ4n) is 0.711. The molecule has 0 N–H and O–H groups in total. The summed E-state index contributed by atoms with van der Waals surface area (Å²) < 4.78 is 74.7. The number of hydrogen-bond acceptors (Lipinski definition) is 2. The van der Waals surface area contributed by atoms with E-state index in [1.165, 1.54) is 0 Å². The zero-order valence-electron chi connectivity index (χ0n) is 6.15. The Kier molecular flexibility index (Phi) is 2.94. The largest absolute Gasteiger partial charge is 0.205 e. The van der Waals surface area contributed by atoms with Crippen molar-refractivity contribution < 1.29 is 26.2 Å². The molecule has 0 aliphatic rings. The molecule has 0 atom stereocenters. The summed E-state index contributed by atoms with van der Waals surface area (Å²) >= 11 is -0.654. The van der Waals surface area contributed by atoms with E-state index in [0.29, 0.717) is 0 Å². The van der Waals surface area contributed by atoms with Crippen molar-refractivity contribution in [1.82, 2.24) is 0 Å². The summed E-state index contributed by atoms with van der Waals surface area (Å²) in [6, 6.07) is 0. The number of hydrogen-bond donors (Lipinski definition) is 0. The van der Waals surface area contributed by atoms with Crippen molar-refractivity contribution >= 4 is 17.2 Å². The van der Waals surface area contributed by atoms with Crippen molar-refractivity contribution in [3.05, 3.63) is 29.1 Å². The molecule has 1 aromatic carbocycles.